The van der Waals surface area contributed by atoms with E-state index in [0.29, 0.717) is 17.9 Å². The number of hydrogen-bond acceptors (Lipinski definition) is 5. The van der Waals surface area contributed by atoms with E-state index >= 15 is 0 Å². The molecule has 0 spiro atoms. The average Bonchev–Trinajstić information content (AvgIpc) is 2.65. The highest BCUT2D eigenvalue weighted by atomic mass is 16.6. The highest BCUT2D eigenvalue weighted by molar-refractivity contribution is 6.07. The lowest BCUT2D eigenvalue weighted by Gasteiger charge is -2.07. The summed E-state index contributed by atoms with van der Waals surface area (Å²) in [5, 5.41) is 13.6. The van der Waals surface area contributed by atoms with E-state index in [1.807, 2.05) is 0 Å². The second kappa shape index (κ2) is 9.31. The second-order valence-corrected chi connectivity index (χ2v) is 5.65. The van der Waals surface area contributed by atoms with Crippen molar-refractivity contribution in [3.63, 3.8) is 0 Å². The van der Waals surface area contributed by atoms with Crippen LogP contribution in [0.1, 0.15) is 46.9 Å². The summed E-state index contributed by atoms with van der Waals surface area (Å²) in [6.07, 6.45) is 2.88. The Morgan fingerprint density at radius 3 is 2.42 bits per heavy atom. The molecule has 1 amide bonds. The fourth-order valence-electron chi connectivity index (χ4n) is 2.31. The number of nitro benzene ring substituents is 1. The van der Waals surface area contributed by atoms with Crippen molar-refractivity contribution in [3.05, 3.63) is 69.8 Å². The van der Waals surface area contributed by atoms with Crippen molar-refractivity contribution in [1.82, 2.24) is 0 Å². The number of amides is 1. The van der Waals surface area contributed by atoms with Gasteiger partial charge in [0, 0.05) is 11.8 Å². The predicted octanol–water partition coefficient (Wildman–Crippen LogP) is 4.19. The maximum absolute atomic E-state index is 12.3. The number of esters is 1. The Kier molecular flexibility index (Phi) is 6.84. The van der Waals surface area contributed by atoms with Crippen molar-refractivity contribution in [2.45, 2.75) is 26.2 Å². The lowest BCUT2D eigenvalue weighted by molar-refractivity contribution is -0.385. The van der Waals surface area contributed by atoms with Crippen molar-refractivity contribution in [2.24, 2.45) is 0 Å². The standard InChI is InChI=1S/C19H20N2O5/c1-2-3-6-13-26-19(23)14-9-11-15(12-10-14)20-18(22)16-7-4-5-8-17(16)21(24)25/h4-5,7-12H,2-3,6,13H2,1H3,(H,20,22). The minimum atomic E-state index is -0.605. The van der Waals surface area contributed by atoms with Gasteiger partial charge < -0.3 is 10.1 Å². The number of nitrogens with one attached hydrogen (secondary N) is 1. The highest BCUT2D eigenvalue weighted by Crippen LogP contribution is 2.19. The molecule has 0 unspecified atom stereocenters. The molecule has 0 radical (unpaired) electrons. The van der Waals surface area contributed by atoms with Crippen LogP contribution in [0.25, 0.3) is 0 Å². The van der Waals surface area contributed by atoms with Gasteiger partial charge in [-0.25, -0.2) is 4.79 Å². The molecule has 7 heteroatoms. The lowest BCUT2D eigenvalue weighted by Crippen LogP contribution is -2.14. The van der Waals surface area contributed by atoms with Gasteiger partial charge in [-0.1, -0.05) is 31.9 Å². The van der Waals surface area contributed by atoms with E-state index in [1.165, 1.54) is 30.3 Å². The first kappa shape index (κ1) is 19.1. The number of unbranched alkanes of at least 4 members (excludes halogenated alkanes) is 2. The number of para-hydroxylation sites is 1. The molecule has 0 atom stereocenters. The number of carbonyl (C=O) groups excluding carboxylic acids is 2. The van der Waals surface area contributed by atoms with Crippen molar-refractivity contribution >= 4 is 23.3 Å². The van der Waals surface area contributed by atoms with E-state index in [2.05, 4.69) is 12.2 Å². The Labute approximate surface area is 151 Å². The summed E-state index contributed by atoms with van der Waals surface area (Å²) in [6.45, 7) is 2.45. The van der Waals surface area contributed by atoms with Gasteiger partial charge in [0.2, 0.25) is 0 Å². The number of carbonyl (C=O) groups is 2. The Bertz CT molecular complexity index is 787. The first-order valence-electron chi connectivity index (χ1n) is 8.35. The quantitative estimate of drug-likeness (QED) is 0.331. The van der Waals surface area contributed by atoms with Crippen LogP contribution in [0.4, 0.5) is 11.4 Å². The molecule has 0 aliphatic heterocycles. The van der Waals surface area contributed by atoms with Crippen LogP contribution >= 0.6 is 0 Å². The summed E-state index contributed by atoms with van der Waals surface area (Å²) in [5.74, 6) is -1.01. The minimum Gasteiger partial charge on any atom is -0.462 e. The van der Waals surface area contributed by atoms with Crippen LogP contribution in [0.2, 0.25) is 0 Å². The molecule has 2 aromatic rings. The van der Waals surface area contributed by atoms with E-state index in [9.17, 15) is 19.7 Å². The number of nitrogens with zero attached hydrogens (tertiary/aromatic N) is 1. The SMILES string of the molecule is CCCCCOC(=O)c1ccc(NC(=O)c2ccccc2[N+](=O)[O-])cc1. The Balaban J connectivity index is 2.00. The molecule has 26 heavy (non-hydrogen) atoms. The monoisotopic (exact) mass is 356 g/mol. The largest absolute Gasteiger partial charge is 0.462 e. The van der Waals surface area contributed by atoms with Gasteiger partial charge in [-0.3, -0.25) is 14.9 Å². The van der Waals surface area contributed by atoms with Crippen LogP contribution in [0.5, 0.6) is 0 Å². The molecule has 136 valence electrons. The van der Waals surface area contributed by atoms with Crippen LogP contribution in [0, 0.1) is 10.1 Å². The maximum Gasteiger partial charge on any atom is 0.338 e. The zero-order valence-corrected chi connectivity index (χ0v) is 14.4. The van der Waals surface area contributed by atoms with Gasteiger partial charge in [-0.2, -0.15) is 0 Å². The molecule has 0 saturated carbocycles. The normalized spacial score (nSPS) is 10.2. The molecule has 0 heterocycles. The summed E-state index contributed by atoms with van der Waals surface area (Å²) in [7, 11) is 0. The smallest absolute Gasteiger partial charge is 0.338 e. The summed E-state index contributed by atoms with van der Waals surface area (Å²) in [4.78, 5) is 34.5. The zero-order chi connectivity index (χ0) is 18.9. The van der Waals surface area contributed by atoms with Crippen molar-refractivity contribution < 1.29 is 19.2 Å². The zero-order valence-electron chi connectivity index (χ0n) is 14.4. The number of rotatable bonds is 8. The number of benzene rings is 2. The molecule has 0 saturated heterocycles. The number of nitro groups is 1. The summed E-state index contributed by atoms with van der Waals surface area (Å²) in [5.41, 5.74) is 0.509. The fourth-order valence-corrected chi connectivity index (χ4v) is 2.31. The Morgan fingerprint density at radius 1 is 1.08 bits per heavy atom. The van der Waals surface area contributed by atoms with E-state index in [0.717, 1.165) is 19.3 Å². The van der Waals surface area contributed by atoms with E-state index in [-0.39, 0.29) is 11.3 Å². The molecule has 0 aliphatic carbocycles. The molecule has 0 fully saturated rings. The van der Waals surface area contributed by atoms with Gasteiger partial charge in [0.05, 0.1) is 17.1 Å². The van der Waals surface area contributed by atoms with E-state index in [1.54, 1.807) is 18.2 Å². The third kappa shape index (κ3) is 5.14. The van der Waals surface area contributed by atoms with Gasteiger partial charge >= 0.3 is 5.97 Å². The van der Waals surface area contributed by atoms with Crippen LogP contribution in [0.3, 0.4) is 0 Å². The number of ether oxygens (including phenoxy) is 1. The molecule has 0 aliphatic rings. The summed E-state index contributed by atoms with van der Waals surface area (Å²) < 4.78 is 5.16. The van der Waals surface area contributed by atoms with Crippen LogP contribution in [-0.2, 0) is 4.74 Å². The maximum atomic E-state index is 12.3. The number of anilines is 1. The molecule has 0 bridgehead atoms. The molecule has 7 nitrogen and oxygen atoms in total. The fraction of sp³-hybridized carbons (Fsp3) is 0.263. The number of hydrogen-bond donors (Lipinski definition) is 1. The van der Waals surface area contributed by atoms with E-state index < -0.39 is 16.8 Å². The Morgan fingerprint density at radius 2 is 1.77 bits per heavy atom. The van der Waals surface area contributed by atoms with Crippen molar-refractivity contribution in [3.8, 4) is 0 Å². The molecule has 2 rings (SSSR count). The van der Waals surface area contributed by atoms with Gasteiger partial charge in [0.1, 0.15) is 5.56 Å². The Hall–Kier alpha value is -3.22. The van der Waals surface area contributed by atoms with Crippen LogP contribution < -0.4 is 5.32 Å². The third-order valence-electron chi connectivity index (χ3n) is 3.70. The van der Waals surface area contributed by atoms with Crippen LogP contribution in [0.15, 0.2) is 48.5 Å². The predicted molar refractivity (Wildman–Crippen MR) is 97.3 cm³/mol. The second-order valence-electron chi connectivity index (χ2n) is 5.65. The van der Waals surface area contributed by atoms with Gasteiger partial charge in [0.15, 0.2) is 0 Å². The minimum absolute atomic E-state index is 0.0306. The van der Waals surface area contributed by atoms with E-state index in [4.69, 9.17) is 4.74 Å². The first-order valence-corrected chi connectivity index (χ1v) is 8.35. The molecule has 1 N–H and O–H groups in total. The van der Waals surface area contributed by atoms with Crippen LogP contribution in [-0.4, -0.2) is 23.4 Å². The molecular weight excluding hydrogens is 336 g/mol. The summed E-state index contributed by atoms with van der Waals surface area (Å²) in [6, 6.07) is 11.9. The highest BCUT2D eigenvalue weighted by Gasteiger charge is 2.19. The van der Waals surface area contributed by atoms with Gasteiger partial charge in [0.25, 0.3) is 11.6 Å². The molecule has 2 aromatic carbocycles. The van der Waals surface area contributed by atoms with Gasteiger partial charge in [-0.05, 0) is 36.8 Å². The van der Waals surface area contributed by atoms with Crippen molar-refractivity contribution in [1.29, 1.82) is 0 Å². The topological polar surface area (TPSA) is 98.5 Å². The molecular formula is C19H20N2O5. The lowest BCUT2D eigenvalue weighted by atomic mass is 10.1. The first-order chi connectivity index (χ1) is 12.5. The summed E-state index contributed by atoms with van der Waals surface area (Å²) >= 11 is 0. The average molecular weight is 356 g/mol. The molecule has 0 aromatic heterocycles. The third-order valence-corrected chi connectivity index (χ3v) is 3.70. The van der Waals surface area contributed by atoms with Crippen molar-refractivity contribution in [2.75, 3.05) is 11.9 Å². The van der Waals surface area contributed by atoms with Gasteiger partial charge in [-0.15, -0.1) is 0 Å².